The van der Waals surface area contributed by atoms with Gasteiger partial charge in [0.15, 0.2) is 0 Å². The number of hydrogen-bond donors (Lipinski definition) is 2. The molecule has 1 amide bonds. The topological polar surface area (TPSA) is 68.0 Å². The molecule has 4 heteroatoms. The van der Waals surface area contributed by atoms with E-state index in [1.54, 1.807) is 12.4 Å². The first kappa shape index (κ1) is 12.6. The van der Waals surface area contributed by atoms with E-state index in [-0.39, 0.29) is 11.9 Å². The highest BCUT2D eigenvalue weighted by Crippen LogP contribution is 2.10. The van der Waals surface area contributed by atoms with Crippen molar-refractivity contribution in [2.24, 2.45) is 5.73 Å². The molecule has 0 fully saturated rings. The van der Waals surface area contributed by atoms with Gasteiger partial charge in [-0.05, 0) is 25.0 Å². The molecule has 3 N–H and O–H groups in total. The molecule has 1 aromatic heterocycles. The molecule has 16 heavy (non-hydrogen) atoms. The summed E-state index contributed by atoms with van der Waals surface area (Å²) in [6.07, 6.45) is 5.08. The van der Waals surface area contributed by atoms with Gasteiger partial charge in [-0.3, -0.25) is 9.78 Å². The minimum atomic E-state index is -0.413. The van der Waals surface area contributed by atoms with Crippen LogP contribution >= 0.6 is 0 Å². The smallest absolute Gasteiger partial charge is 0.237 e. The molecule has 0 radical (unpaired) electrons. The lowest BCUT2D eigenvalue weighted by atomic mass is 10.1. The first-order chi connectivity index (χ1) is 7.65. The number of nitrogens with one attached hydrogen (secondary N) is 1. The van der Waals surface area contributed by atoms with E-state index in [0.29, 0.717) is 6.42 Å². The molecule has 0 spiro atoms. The van der Waals surface area contributed by atoms with Crippen LogP contribution < -0.4 is 11.1 Å². The number of nitrogens with two attached hydrogens (primary N) is 1. The Balaban J connectivity index is 2.51. The van der Waals surface area contributed by atoms with Crippen LogP contribution in [0.1, 0.15) is 38.3 Å². The summed E-state index contributed by atoms with van der Waals surface area (Å²) in [5.41, 5.74) is 6.71. The van der Waals surface area contributed by atoms with Gasteiger partial charge in [0.1, 0.15) is 0 Å². The Labute approximate surface area is 96.3 Å². The first-order valence-electron chi connectivity index (χ1n) is 5.61. The third-order valence-electron chi connectivity index (χ3n) is 2.48. The van der Waals surface area contributed by atoms with Crippen molar-refractivity contribution in [2.45, 2.75) is 38.8 Å². The minimum absolute atomic E-state index is 0.0518. The summed E-state index contributed by atoms with van der Waals surface area (Å²) in [6.45, 7) is 3.94. The number of amides is 1. The summed E-state index contributed by atoms with van der Waals surface area (Å²) in [5, 5.41) is 2.88. The second-order valence-electron chi connectivity index (χ2n) is 3.91. The fourth-order valence-electron chi connectivity index (χ4n) is 1.48. The highest BCUT2D eigenvalue weighted by Gasteiger charge is 2.15. The van der Waals surface area contributed by atoms with Crippen molar-refractivity contribution >= 4 is 5.91 Å². The normalized spacial score (nSPS) is 14.2. The Morgan fingerprint density at radius 1 is 1.62 bits per heavy atom. The number of aromatic nitrogens is 1. The molecule has 0 aliphatic carbocycles. The molecule has 0 unspecified atom stereocenters. The molecule has 0 saturated heterocycles. The van der Waals surface area contributed by atoms with Crippen molar-refractivity contribution in [3.05, 3.63) is 30.1 Å². The maximum absolute atomic E-state index is 11.7. The average Bonchev–Trinajstić information content (AvgIpc) is 2.30. The van der Waals surface area contributed by atoms with Gasteiger partial charge in [0.2, 0.25) is 5.91 Å². The predicted octanol–water partition coefficient (Wildman–Crippen LogP) is 1.39. The predicted molar refractivity (Wildman–Crippen MR) is 63.7 cm³/mol. The molecular weight excluding hydrogens is 202 g/mol. The molecular formula is C12H19N3O. The van der Waals surface area contributed by atoms with Gasteiger partial charge in [-0.2, -0.15) is 0 Å². The molecule has 0 saturated carbocycles. The Kier molecular flexibility index (Phi) is 4.92. The van der Waals surface area contributed by atoms with Crippen LogP contribution in [0.4, 0.5) is 0 Å². The van der Waals surface area contributed by atoms with Crippen LogP contribution in [-0.2, 0) is 4.79 Å². The van der Waals surface area contributed by atoms with Gasteiger partial charge in [0, 0.05) is 12.4 Å². The summed E-state index contributed by atoms with van der Waals surface area (Å²) >= 11 is 0. The molecule has 0 bridgehead atoms. The summed E-state index contributed by atoms with van der Waals surface area (Å²) in [6, 6.07) is 3.32. The number of carbonyl (C=O) groups excluding carboxylic acids is 1. The monoisotopic (exact) mass is 221 g/mol. The van der Waals surface area contributed by atoms with Crippen LogP contribution in [-0.4, -0.2) is 16.9 Å². The van der Waals surface area contributed by atoms with Crippen LogP contribution in [0.15, 0.2) is 24.5 Å². The first-order valence-corrected chi connectivity index (χ1v) is 5.61. The quantitative estimate of drug-likeness (QED) is 0.789. The average molecular weight is 221 g/mol. The van der Waals surface area contributed by atoms with Gasteiger partial charge in [0.25, 0.3) is 0 Å². The van der Waals surface area contributed by atoms with E-state index >= 15 is 0 Å². The maximum atomic E-state index is 11.7. The van der Waals surface area contributed by atoms with Crippen molar-refractivity contribution in [3.8, 4) is 0 Å². The van der Waals surface area contributed by atoms with Crippen LogP contribution in [0, 0.1) is 0 Å². The van der Waals surface area contributed by atoms with Gasteiger partial charge in [0.05, 0.1) is 12.1 Å². The highest BCUT2D eigenvalue weighted by atomic mass is 16.2. The van der Waals surface area contributed by atoms with Crippen LogP contribution in [0.5, 0.6) is 0 Å². The fraction of sp³-hybridized carbons (Fsp3) is 0.500. The number of hydrogen-bond acceptors (Lipinski definition) is 3. The highest BCUT2D eigenvalue weighted by molar-refractivity contribution is 5.81. The van der Waals surface area contributed by atoms with Gasteiger partial charge in [-0.1, -0.05) is 19.4 Å². The van der Waals surface area contributed by atoms with Crippen molar-refractivity contribution in [1.82, 2.24) is 10.3 Å². The molecule has 0 aromatic carbocycles. The van der Waals surface area contributed by atoms with E-state index in [0.717, 1.165) is 12.0 Å². The van der Waals surface area contributed by atoms with E-state index in [2.05, 4.69) is 10.3 Å². The summed E-state index contributed by atoms with van der Waals surface area (Å²) in [4.78, 5) is 15.7. The zero-order valence-corrected chi connectivity index (χ0v) is 9.81. The lowest BCUT2D eigenvalue weighted by molar-refractivity contribution is -0.123. The summed E-state index contributed by atoms with van der Waals surface area (Å²) in [5.74, 6) is -0.0989. The van der Waals surface area contributed by atoms with Crippen molar-refractivity contribution in [1.29, 1.82) is 0 Å². The zero-order valence-electron chi connectivity index (χ0n) is 9.81. The van der Waals surface area contributed by atoms with Crippen molar-refractivity contribution < 1.29 is 4.79 Å². The number of nitrogens with zero attached hydrogens (tertiary/aromatic N) is 1. The van der Waals surface area contributed by atoms with Crippen molar-refractivity contribution in [2.75, 3.05) is 0 Å². The van der Waals surface area contributed by atoms with E-state index in [9.17, 15) is 4.79 Å². The molecule has 88 valence electrons. The van der Waals surface area contributed by atoms with Gasteiger partial charge < -0.3 is 11.1 Å². The number of pyridine rings is 1. The Hall–Kier alpha value is -1.42. The molecule has 4 nitrogen and oxygen atoms in total. The van der Waals surface area contributed by atoms with Gasteiger partial charge >= 0.3 is 0 Å². The van der Waals surface area contributed by atoms with Crippen LogP contribution in [0.2, 0.25) is 0 Å². The lowest BCUT2D eigenvalue weighted by Gasteiger charge is -2.17. The fourth-order valence-corrected chi connectivity index (χ4v) is 1.48. The van der Waals surface area contributed by atoms with E-state index < -0.39 is 6.04 Å². The van der Waals surface area contributed by atoms with E-state index in [4.69, 9.17) is 5.73 Å². The van der Waals surface area contributed by atoms with Gasteiger partial charge in [-0.15, -0.1) is 0 Å². The molecule has 2 atom stereocenters. The largest absolute Gasteiger partial charge is 0.348 e. The molecule has 0 aliphatic rings. The molecule has 1 rings (SSSR count). The summed E-state index contributed by atoms with van der Waals surface area (Å²) in [7, 11) is 0. The van der Waals surface area contributed by atoms with Crippen LogP contribution in [0.25, 0.3) is 0 Å². The molecule has 1 aromatic rings. The second kappa shape index (κ2) is 6.23. The third kappa shape index (κ3) is 3.62. The molecule has 1 heterocycles. The second-order valence-corrected chi connectivity index (χ2v) is 3.91. The minimum Gasteiger partial charge on any atom is -0.348 e. The van der Waals surface area contributed by atoms with Gasteiger partial charge in [-0.25, -0.2) is 0 Å². The lowest BCUT2D eigenvalue weighted by Crippen LogP contribution is -2.41. The zero-order chi connectivity index (χ0) is 12.0. The SMILES string of the molecule is CCC[C@H](N)C(=O)N[C@H](C)c1cccnc1. The van der Waals surface area contributed by atoms with Crippen molar-refractivity contribution in [3.63, 3.8) is 0 Å². The van der Waals surface area contributed by atoms with E-state index in [1.807, 2.05) is 26.0 Å². The number of carbonyl (C=O) groups is 1. The molecule has 0 aliphatic heterocycles. The Morgan fingerprint density at radius 3 is 2.94 bits per heavy atom. The number of rotatable bonds is 5. The van der Waals surface area contributed by atoms with Crippen LogP contribution in [0.3, 0.4) is 0 Å². The Bertz CT molecular complexity index is 326. The van der Waals surface area contributed by atoms with E-state index in [1.165, 1.54) is 0 Å². The third-order valence-corrected chi connectivity index (χ3v) is 2.48. The maximum Gasteiger partial charge on any atom is 0.237 e. The standard InChI is InChI=1S/C12H19N3O/c1-3-5-11(13)12(16)15-9(2)10-6-4-7-14-8-10/h4,6-9,11H,3,5,13H2,1-2H3,(H,15,16)/t9-,11+/m1/s1. The summed E-state index contributed by atoms with van der Waals surface area (Å²) < 4.78 is 0. The Morgan fingerprint density at radius 2 is 2.38 bits per heavy atom.